The van der Waals surface area contributed by atoms with E-state index < -0.39 is 10.0 Å². The molecule has 8 nitrogen and oxygen atoms in total. The lowest BCUT2D eigenvalue weighted by molar-refractivity contribution is 0.315. The number of anilines is 2. The zero-order chi connectivity index (χ0) is 23.3. The zero-order valence-electron chi connectivity index (χ0n) is 17.8. The Bertz CT molecular complexity index is 1400. The first-order valence-electron chi connectivity index (χ1n) is 10.1. The van der Waals surface area contributed by atoms with Gasteiger partial charge in [0.25, 0.3) is 15.9 Å². The molecule has 0 saturated heterocycles. The van der Waals surface area contributed by atoms with Gasteiger partial charge in [-0.3, -0.25) is 4.72 Å². The lowest BCUT2D eigenvalue weighted by Crippen LogP contribution is -2.24. The van der Waals surface area contributed by atoms with Crippen LogP contribution < -0.4 is 14.4 Å². The average Bonchev–Trinajstić information content (AvgIpc) is 2.84. The van der Waals surface area contributed by atoms with Crippen LogP contribution in [0.15, 0.2) is 83.8 Å². The minimum atomic E-state index is -3.97. The first-order chi connectivity index (χ1) is 16.0. The molecule has 0 unspecified atom stereocenters. The fourth-order valence-electron chi connectivity index (χ4n) is 3.14. The number of likely N-dealkylation sites (N-methyl/N-ethyl adjacent to an activating group) is 1. The Hall–Kier alpha value is -4.16. The summed E-state index contributed by atoms with van der Waals surface area (Å²) < 4.78 is 34.2. The first-order valence-corrected chi connectivity index (χ1v) is 11.6. The van der Waals surface area contributed by atoms with Crippen LogP contribution in [0.1, 0.15) is 5.56 Å². The van der Waals surface area contributed by atoms with Gasteiger partial charge in [-0.15, -0.1) is 0 Å². The molecule has 0 saturated carbocycles. The van der Waals surface area contributed by atoms with Crippen LogP contribution in [0.5, 0.6) is 5.88 Å². The van der Waals surface area contributed by atoms with Gasteiger partial charge in [0.15, 0.2) is 0 Å². The zero-order valence-corrected chi connectivity index (χ0v) is 18.7. The number of nitriles is 1. The number of ether oxygens (including phenoxy) is 1. The number of nitrogens with zero attached hydrogens (tertiary/aromatic N) is 4. The molecule has 3 aromatic carbocycles. The van der Waals surface area contributed by atoms with Crippen molar-refractivity contribution in [3.8, 4) is 11.9 Å². The molecule has 9 heteroatoms. The van der Waals surface area contributed by atoms with Crippen molar-refractivity contribution in [2.75, 3.05) is 29.8 Å². The van der Waals surface area contributed by atoms with E-state index in [-0.39, 0.29) is 23.2 Å². The van der Waals surface area contributed by atoms with Crippen LogP contribution in [0.25, 0.3) is 11.0 Å². The van der Waals surface area contributed by atoms with E-state index in [2.05, 4.69) is 14.7 Å². The Morgan fingerprint density at radius 1 is 0.939 bits per heavy atom. The highest BCUT2D eigenvalue weighted by Crippen LogP contribution is 2.26. The molecule has 0 radical (unpaired) electrons. The van der Waals surface area contributed by atoms with E-state index in [0.29, 0.717) is 23.1 Å². The van der Waals surface area contributed by atoms with Gasteiger partial charge in [0.1, 0.15) is 6.61 Å². The molecule has 4 rings (SSSR count). The quantitative estimate of drug-likeness (QED) is 0.427. The van der Waals surface area contributed by atoms with E-state index in [0.717, 1.165) is 5.69 Å². The highest BCUT2D eigenvalue weighted by molar-refractivity contribution is 7.92. The minimum Gasteiger partial charge on any atom is -0.473 e. The van der Waals surface area contributed by atoms with Crippen molar-refractivity contribution in [2.24, 2.45) is 0 Å². The lowest BCUT2D eigenvalue weighted by Gasteiger charge is -2.19. The molecule has 0 aliphatic rings. The number of fused-ring (bicyclic) bond motifs is 1. The number of para-hydroxylation sites is 3. The van der Waals surface area contributed by atoms with E-state index in [9.17, 15) is 8.42 Å². The Morgan fingerprint density at radius 3 is 2.24 bits per heavy atom. The van der Waals surface area contributed by atoms with Gasteiger partial charge in [-0.2, -0.15) is 5.26 Å². The largest absolute Gasteiger partial charge is 0.473 e. The van der Waals surface area contributed by atoms with Crippen LogP contribution in [0.2, 0.25) is 0 Å². The molecular weight excluding hydrogens is 438 g/mol. The fraction of sp³-hybridized carbons (Fsp3) is 0.125. The van der Waals surface area contributed by atoms with Crippen molar-refractivity contribution >= 4 is 32.6 Å². The molecule has 0 aliphatic carbocycles. The third-order valence-corrected chi connectivity index (χ3v) is 6.28. The van der Waals surface area contributed by atoms with E-state index in [4.69, 9.17) is 10.00 Å². The molecule has 4 aromatic rings. The Labute approximate surface area is 192 Å². The average molecular weight is 460 g/mol. The highest BCUT2D eigenvalue weighted by atomic mass is 32.2. The highest BCUT2D eigenvalue weighted by Gasteiger charge is 2.20. The Morgan fingerprint density at radius 2 is 1.58 bits per heavy atom. The second-order valence-corrected chi connectivity index (χ2v) is 8.90. The molecule has 0 amide bonds. The van der Waals surface area contributed by atoms with Crippen LogP contribution in [0, 0.1) is 11.3 Å². The van der Waals surface area contributed by atoms with Crippen molar-refractivity contribution in [3.63, 3.8) is 0 Å². The van der Waals surface area contributed by atoms with Crippen LogP contribution in [-0.4, -0.2) is 38.6 Å². The summed E-state index contributed by atoms with van der Waals surface area (Å²) in [6.07, 6.45) is 0. The van der Waals surface area contributed by atoms with Gasteiger partial charge in [-0.05, 0) is 48.5 Å². The summed E-state index contributed by atoms with van der Waals surface area (Å²) in [6, 6.07) is 24.6. The van der Waals surface area contributed by atoms with Crippen molar-refractivity contribution in [3.05, 3.63) is 84.4 Å². The van der Waals surface area contributed by atoms with Gasteiger partial charge in [0.05, 0.1) is 34.1 Å². The van der Waals surface area contributed by atoms with Gasteiger partial charge in [-0.25, -0.2) is 18.4 Å². The van der Waals surface area contributed by atoms with Crippen molar-refractivity contribution in [2.45, 2.75) is 4.90 Å². The maximum absolute atomic E-state index is 12.9. The van der Waals surface area contributed by atoms with Gasteiger partial charge in [0.2, 0.25) is 5.82 Å². The predicted octanol–water partition coefficient (Wildman–Crippen LogP) is 3.82. The maximum Gasteiger partial charge on any atom is 0.263 e. The molecule has 0 bridgehead atoms. The SMILES string of the molecule is CN(CCOc1nc2ccccc2nc1NS(=O)(=O)c1ccc(C#N)cc1)c1ccccc1. The molecule has 0 fully saturated rings. The molecule has 0 aliphatic heterocycles. The van der Waals surface area contributed by atoms with Gasteiger partial charge >= 0.3 is 0 Å². The summed E-state index contributed by atoms with van der Waals surface area (Å²) >= 11 is 0. The summed E-state index contributed by atoms with van der Waals surface area (Å²) in [5.41, 5.74) is 2.52. The van der Waals surface area contributed by atoms with Crippen LogP contribution in [0.4, 0.5) is 11.5 Å². The van der Waals surface area contributed by atoms with Crippen molar-refractivity contribution in [1.29, 1.82) is 5.26 Å². The molecular formula is C24H21N5O3S. The van der Waals surface area contributed by atoms with Crippen LogP contribution in [0.3, 0.4) is 0 Å². The van der Waals surface area contributed by atoms with E-state index >= 15 is 0 Å². The molecule has 1 N–H and O–H groups in total. The third-order valence-electron chi connectivity index (χ3n) is 4.93. The van der Waals surface area contributed by atoms with E-state index in [1.165, 1.54) is 24.3 Å². The predicted molar refractivity (Wildman–Crippen MR) is 127 cm³/mol. The molecule has 0 atom stereocenters. The Balaban J connectivity index is 1.58. The summed E-state index contributed by atoms with van der Waals surface area (Å²) in [5, 5.41) is 8.94. The monoisotopic (exact) mass is 459 g/mol. The summed E-state index contributed by atoms with van der Waals surface area (Å²) in [4.78, 5) is 10.9. The molecule has 166 valence electrons. The van der Waals surface area contributed by atoms with Crippen LogP contribution in [-0.2, 0) is 10.0 Å². The smallest absolute Gasteiger partial charge is 0.263 e. The van der Waals surface area contributed by atoms with Crippen molar-refractivity contribution in [1.82, 2.24) is 9.97 Å². The molecule has 1 aromatic heterocycles. The van der Waals surface area contributed by atoms with Crippen molar-refractivity contribution < 1.29 is 13.2 Å². The summed E-state index contributed by atoms with van der Waals surface area (Å²) in [5.74, 6) is 0.0906. The number of sulfonamides is 1. The van der Waals surface area contributed by atoms with Gasteiger partial charge in [-0.1, -0.05) is 30.3 Å². The van der Waals surface area contributed by atoms with E-state index in [1.54, 1.807) is 18.2 Å². The number of rotatable bonds is 8. The Kier molecular flexibility index (Phi) is 6.38. The number of hydrogen-bond donors (Lipinski definition) is 1. The third kappa shape index (κ3) is 5.19. The number of hydrogen-bond acceptors (Lipinski definition) is 7. The normalized spacial score (nSPS) is 11.0. The fourth-order valence-corrected chi connectivity index (χ4v) is 4.14. The number of benzene rings is 3. The summed E-state index contributed by atoms with van der Waals surface area (Å²) in [7, 11) is -2.02. The topological polar surface area (TPSA) is 108 Å². The summed E-state index contributed by atoms with van der Waals surface area (Å²) in [6.45, 7) is 0.824. The number of aromatic nitrogens is 2. The van der Waals surface area contributed by atoms with Gasteiger partial charge < -0.3 is 9.64 Å². The standard InChI is InChI=1S/C24H21N5O3S/c1-29(19-7-3-2-4-8-19)15-16-32-24-23(26-21-9-5-6-10-22(21)27-24)28-33(30,31)20-13-11-18(17-25)12-14-20/h2-14H,15-16H2,1H3,(H,26,28). The second kappa shape index (κ2) is 9.54. The number of nitrogens with one attached hydrogen (secondary N) is 1. The molecule has 1 heterocycles. The van der Waals surface area contributed by atoms with E-state index in [1.807, 2.05) is 54.4 Å². The second-order valence-electron chi connectivity index (χ2n) is 7.21. The first kappa shape index (κ1) is 22.0. The maximum atomic E-state index is 12.9. The molecule has 0 spiro atoms. The van der Waals surface area contributed by atoms with Gasteiger partial charge in [0, 0.05) is 12.7 Å². The minimum absolute atomic E-state index is 0.000392. The lowest BCUT2D eigenvalue weighted by atomic mass is 10.2. The van der Waals surface area contributed by atoms with Crippen LogP contribution >= 0.6 is 0 Å². The molecule has 33 heavy (non-hydrogen) atoms.